The molecule has 0 amide bonds. The Morgan fingerprint density at radius 1 is 1.04 bits per heavy atom. The molecule has 4 rings (SSSR count). The first-order chi connectivity index (χ1) is 12.6. The van der Waals surface area contributed by atoms with Gasteiger partial charge in [-0.15, -0.1) is 0 Å². The van der Waals surface area contributed by atoms with Crippen LogP contribution in [0.3, 0.4) is 0 Å². The Morgan fingerprint density at radius 3 is 2.38 bits per heavy atom. The molecular formula is C20H15BrN2O3. The molecule has 0 bridgehead atoms. The van der Waals surface area contributed by atoms with Crippen LogP contribution in [-0.4, -0.2) is 21.8 Å². The monoisotopic (exact) mass is 410 g/mol. The summed E-state index contributed by atoms with van der Waals surface area (Å²) in [6.45, 7) is 0. The normalized spacial score (nSPS) is 11.0. The zero-order chi connectivity index (χ0) is 18.3. The fourth-order valence-electron chi connectivity index (χ4n) is 3.03. The molecule has 0 saturated carbocycles. The predicted molar refractivity (Wildman–Crippen MR) is 105 cm³/mol. The maximum absolute atomic E-state index is 12.5. The van der Waals surface area contributed by atoms with Crippen LogP contribution in [-0.2, 0) is 0 Å². The van der Waals surface area contributed by atoms with E-state index in [-0.39, 0.29) is 16.9 Å². The summed E-state index contributed by atoms with van der Waals surface area (Å²) in [5.74, 6) is 0.630. The molecule has 4 aromatic rings. The Morgan fingerprint density at radius 2 is 1.73 bits per heavy atom. The maximum atomic E-state index is 12.5. The molecule has 5 nitrogen and oxygen atoms in total. The molecule has 0 unspecified atom stereocenters. The highest BCUT2D eigenvalue weighted by Gasteiger charge is 2.17. The van der Waals surface area contributed by atoms with Gasteiger partial charge in [0.05, 0.1) is 18.2 Å². The van der Waals surface area contributed by atoms with Crippen molar-refractivity contribution in [3.05, 3.63) is 75.6 Å². The van der Waals surface area contributed by atoms with E-state index >= 15 is 0 Å². The number of aromatic nitrogens is 2. The highest BCUT2D eigenvalue weighted by Crippen LogP contribution is 2.34. The Labute approximate surface area is 157 Å². The minimum atomic E-state index is -0.339. The molecule has 2 heterocycles. The van der Waals surface area contributed by atoms with Crippen molar-refractivity contribution >= 4 is 27.0 Å². The number of nitrogens with zero attached hydrogens (tertiary/aromatic N) is 1. The molecule has 6 heteroatoms. The Bertz CT molecular complexity index is 1140. The first-order valence-corrected chi connectivity index (χ1v) is 8.74. The minimum absolute atomic E-state index is 0.0539. The second-order valence-electron chi connectivity index (χ2n) is 5.83. The van der Waals surface area contributed by atoms with E-state index in [0.29, 0.717) is 22.3 Å². The predicted octanol–water partition coefficient (Wildman–Crippen LogP) is 4.46. The average molecular weight is 411 g/mol. The number of halogens is 1. The third-order valence-corrected chi connectivity index (χ3v) is 4.83. The molecule has 2 aromatic carbocycles. The zero-order valence-electron chi connectivity index (χ0n) is 13.9. The van der Waals surface area contributed by atoms with Gasteiger partial charge in [0.1, 0.15) is 11.3 Å². The lowest BCUT2D eigenvalue weighted by Crippen LogP contribution is -2.09. The van der Waals surface area contributed by atoms with E-state index in [1.165, 1.54) is 0 Å². The van der Waals surface area contributed by atoms with Crippen LogP contribution in [0.5, 0.6) is 11.5 Å². The van der Waals surface area contributed by atoms with Crippen molar-refractivity contribution in [1.82, 2.24) is 9.55 Å². The number of pyridine rings is 1. The van der Waals surface area contributed by atoms with E-state index < -0.39 is 0 Å². The fourth-order valence-corrected chi connectivity index (χ4v) is 3.29. The number of fused-ring (bicyclic) bond motifs is 1. The number of ether oxygens (including phenoxy) is 1. The molecule has 0 aliphatic carbocycles. The topological polar surface area (TPSA) is 67.2 Å². The van der Waals surface area contributed by atoms with Gasteiger partial charge in [0.15, 0.2) is 5.75 Å². The second-order valence-corrected chi connectivity index (χ2v) is 6.75. The minimum Gasteiger partial charge on any atom is -0.505 e. The third kappa shape index (κ3) is 2.68. The number of hydrogen-bond acceptors (Lipinski definition) is 3. The van der Waals surface area contributed by atoms with Crippen molar-refractivity contribution in [2.75, 3.05) is 7.11 Å². The van der Waals surface area contributed by atoms with Gasteiger partial charge in [0, 0.05) is 16.4 Å². The molecule has 2 aromatic heterocycles. The quantitative estimate of drug-likeness (QED) is 0.523. The van der Waals surface area contributed by atoms with Gasteiger partial charge in [0.2, 0.25) is 0 Å². The summed E-state index contributed by atoms with van der Waals surface area (Å²) in [6, 6.07) is 16.5. The fraction of sp³-hybridized carbons (Fsp3) is 0.0500. The molecule has 0 aliphatic heterocycles. The zero-order valence-corrected chi connectivity index (χ0v) is 15.4. The number of methoxy groups -OCH3 is 1. The van der Waals surface area contributed by atoms with Crippen LogP contribution < -0.4 is 10.3 Å². The molecule has 0 aliphatic rings. The Balaban J connectivity index is 1.95. The summed E-state index contributed by atoms with van der Waals surface area (Å²) in [6.07, 6.45) is 1.82. The van der Waals surface area contributed by atoms with Crippen LogP contribution in [0.1, 0.15) is 0 Å². The van der Waals surface area contributed by atoms with E-state index in [2.05, 4.69) is 20.9 Å². The number of hydrogen-bond donors (Lipinski definition) is 2. The number of nitrogens with one attached hydrogen (secondary N) is 1. The molecule has 0 saturated heterocycles. The molecule has 0 radical (unpaired) electrons. The van der Waals surface area contributed by atoms with Crippen LogP contribution in [0.2, 0.25) is 0 Å². The van der Waals surface area contributed by atoms with Gasteiger partial charge in [-0.3, -0.25) is 4.79 Å². The second kappa shape index (κ2) is 6.38. The van der Waals surface area contributed by atoms with Crippen molar-refractivity contribution in [1.29, 1.82) is 0 Å². The standard InChI is InChI=1S/C20H15BrN2O3/c1-26-15-8-2-12(3-9-15)17-19(24)18-16(22-20(17)25)10-11-23(18)14-6-4-13(21)5-7-14/h2-11H,1H3,(H2,22,24,25). The van der Waals surface area contributed by atoms with Gasteiger partial charge in [-0.05, 0) is 48.0 Å². The van der Waals surface area contributed by atoms with Crippen molar-refractivity contribution in [2.24, 2.45) is 0 Å². The summed E-state index contributed by atoms with van der Waals surface area (Å²) in [7, 11) is 1.58. The first kappa shape index (κ1) is 16.5. The summed E-state index contributed by atoms with van der Waals surface area (Å²) in [5, 5.41) is 10.9. The van der Waals surface area contributed by atoms with Crippen molar-refractivity contribution in [2.45, 2.75) is 0 Å². The lowest BCUT2D eigenvalue weighted by atomic mass is 10.1. The number of rotatable bonds is 3. The SMILES string of the molecule is COc1ccc(-c2c(O)c3c(ccn3-c3ccc(Br)cc3)[nH]c2=O)cc1. The summed E-state index contributed by atoms with van der Waals surface area (Å²) in [4.78, 5) is 15.4. The molecular weight excluding hydrogens is 396 g/mol. The van der Waals surface area contributed by atoms with Crippen LogP contribution in [0.25, 0.3) is 27.8 Å². The van der Waals surface area contributed by atoms with Crippen LogP contribution in [0.4, 0.5) is 0 Å². The van der Waals surface area contributed by atoms with E-state index in [9.17, 15) is 9.90 Å². The molecule has 0 fully saturated rings. The van der Waals surface area contributed by atoms with E-state index in [1.807, 2.05) is 35.0 Å². The van der Waals surface area contributed by atoms with Gasteiger partial charge in [-0.25, -0.2) is 0 Å². The van der Waals surface area contributed by atoms with Crippen LogP contribution in [0, 0.1) is 0 Å². The van der Waals surface area contributed by atoms with Gasteiger partial charge < -0.3 is 19.4 Å². The lowest BCUT2D eigenvalue weighted by Gasteiger charge is -2.10. The average Bonchev–Trinajstić information content (AvgIpc) is 3.07. The number of aromatic hydroxyl groups is 1. The highest BCUT2D eigenvalue weighted by atomic mass is 79.9. The lowest BCUT2D eigenvalue weighted by molar-refractivity contribution is 0.415. The number of benzene rings is 2. The molecule has 130 valence electrons. The van der Waals surface area contributed by atoms with Crippen molar-refractivity contribution < 1.29 is 9.84 Å². The summed E-state index contributed by atoms with van der Waals surface area (Å²) in [5.41, 5.74) is 2.53. The first-order valence-electron chi connectivity index (χ1n) is 7.95. The molecule has 2 N–H and O–H groups in total. The highest BCUT2D eigenvalue weighted by molar-refractivity contribution is 9.10. The van der Waals surface area contributed by atoms with E-state index in [4.69, 9.17) is 4.74 Å². The van der Waals surface area contributed by atoms with Gasteiger partial charge in [0.25, 0.3) is 5.56 Å². The van der Waals surface area contributed by atoms with E-state index in [0.717, 1.165) is 10.2 Å². The van der Waals surface area contributed by atoms with Crippen molar-refractivity contribution in [3.63, 3.8) is 0 Å². The van der Waals surface area contributed by atoms with Gasteiger partial charge >= 0.3 is 0 Å². The Kier molecular flexibility index (Phi) is 4.05. The van der Waals surface area contributed by atoms with Gasteiger partial charge in [-0.2, -0.15) is 0 Å². The van der Waals surface area contributed by atoms with E-state index in [1.54, 1.807) is 37.4 Å². The smallest absolute Gasteiger partial charge is 0.260 e. The Hall–Kier alpha value is -2.99. The summed E-state index contributed by atoms with van der Waals surface area (Å²) >= 11 is 3.42. The molecule has 0 spiro atoms. The van der Waals surface area contributed by atoms with Crippen LogP contribution >= 0.6 is 15.9 Å². The van der Waals surface area contributed by atoms with Gasteiger partial charge in [-0.1, -0.05) is 28.1 Å². The largest absolute Gasteiger partial charge is 0.505 e. The molecule has 26 heavy (non-hydrogen) atoms. The third-order valence-electron chi connectivity index (χ3n) is 4.31. The maximum Gasteiger partial charge on any atom is 0.260 e. The summed E-state index contributed by atoms with van der Waals surface area (Å²) < 4.78 is 7.97. The number of aromatic amines is 1. The van der Waals surface area contributed by atoms with Crippen molar-refractivity contribution in [3.8, 4) is 28.3 Å². The number of H-pyrrole nitrogens is 1. The van der Waals surface area contributed by atoms with Crippen LogP contribution in [0.15, 0.2) is 70.1 Å². The molecule has 0 atom stereocenters.